The van der Waals surface area contributed by atoms with E-state index in [0.717, 1.165) is 5.06 Å². The average Bonchev–Trinajstić information content (AvgIpc) is 2.65. The maximum absolute atomic E-state index is 13.1. The molecule has 0 amide bonds. The van der Waals surface area contributed by atoms with Gasteiger partial charge in [0.1, 0.15) is 15.3 Å². The lowest BCUT2D eigenvalue weighted by atomic mass is 9.80. The summed E-state index contributed by atoms with van der Waals surface area (Å²) < 4.78 is 10.8. The van der Waals surface area contributed by atoms with E-state index in [-0.39, 0.29) is 12.1 Å². The summed E-state index contributed by atoms with van der Waals surface area (Å²) in [5.74, 6) is -0.398. The van der Waals surface area contributed by atoms with Gasteiger partial charge in [-0.3, -0.25) is 4.79 Å². The van der Waals surface area contributed by atoms with Gasteiger partial charge in [0.15, 0.2) is 0 Å². The fourth-order valence-electron chi connectivity index (χ4n) is 4.23. The second-order valence-corrected chi connectivity index (χ2v) is 12.6. The summed E-state index contributed by atoms with van der Waals surface area (Å²) in [7, 11) is 0. The average molecular weight is 538 g/mol. The highest BCUT2D eigenvalue weighted by molar-refractivity contribution is 14.1. The van der Waals surface area contributed by atoms with Crippen molar-refractivity contribution in [2.75, 3.05) is 0 Å². The number of halogens is 1. The molecule has 0 saturated carbocycles. The van der Waals surface area contributed by atoms with Crippen molar-refractivity contribution in [1.29, 1.82) is 0 Å². The second kappa shape index (κ2) is 8.33. The minimum absolute atomic E-state index is 0.359. The number of fused-ring (bicyclic) bond motifs is 1. The molecule has 1 aliphatic heterocycles. The summed E-state index contributed by atoms with van der Waals surface area (Å²) in [4.78, 5) is 25.5. The number of rotatable bonds is 4. The van der Waals surface area contributed by atoms with Crippen molar-refractivity contribution in [2.45, 2.75) is 75.0 Å². The van der Waals surface area contributed by atoms with Crippen molar-refractivity contribution in [3.05, 3.63) is 42.0 Å². The second-order valence-electron chi connectivity index (χ2n) is 9.87. The van der Waals surface area contributed by atoms with Crippen LogP contribution in [0.1, 0.15) is 64.7 Å². The van der Waals surface area contributed by atoms with Gasteiger partial charge in [-0.1, -0.05) is 46.9 Å². The van der Waals surface area contributed by atoms with E-state index in [1.54, 1.807) is 26.0 Å². The third-order valence-electron chi connectivity index (χ3n) is 5.62. The highest BCUT2D eigenvalue weighted by Gasteiger charge is 2.47. The van der Waals surface area contributed by atoms with Crippen LogP contribution in [0.3, 0.4) is 0 Å². The van der Waals surface area contributed by atoms with Crippen LogP contribution in [0.4, 0.5) is 0 Å². The van der Waals surface area contributed by atoms with Gasteiger partial charge in [-0.25, -0.2) is 4.79 Å². The van der Waals surface area contributed by atoms with Gasteiger partial charge in [0.25, 0.3) is 0 Å². The van der Waals surface area contributed by atoms with Gasteiger partial charge in [-0.2, -0.15) is 0 Å². The summed E-state index contributed by atoms with van der Waals surface area (Å²) in [6.07, 6.45) is 0.562. The molecule has 31 heavy (non-hydrogen) atoms. The Hall–Kier alpha value is -1.71. The molecule has 167 valence electrons. The van der Waals surface area contributed by atoms with Crippen LogP contribution in [0, 0.1) is 0 Å². The van der Waals surface area contributed by atoms with Gasteiger partial charge in [-0.15, -0.1) is 10.3 Å². The van der Waals surface area contributed by atoms with E-state index in [9.17, 15) is 14.8 Å². The number of carbonyl (C=O) groups excluding carboxylic acids is 2. The zero-order chi connectivity index (χ0) is 23.2. The molecule has 7 heteroatoms. The summed E-state index contributed by atoms with van der Waals surface area (Å²) >= 11 is 2.03. The molecule has 1 saturated heterocycles. The van der Waals surface area contributed by atoms with Gasteiger partial charge >= 0.3 is 11.9 Å². The Morgan fingerprint density at radius 2 is 1.55 bits per heavy atom. The Morgan fingerprint density at radius 3 is 2.10 bits per heavy atom. The molecule has 0 unspecified atom stereocenters. The Bertz CT molecular complexity index is 991. The Kier molecular flexibility index (Phi) is 6.43. The number of hydrogen-bond donors (Lipinski definition) is 0. The van der Waals surface area contributed by atoms with Gasteiger partial charge in [-0.05, 0) is 59.1 Å². The van der Waals surface area contributed by atoms with E-state index in [1.807, 2.05) is 74.6 Å². The van der Waals surface area contributed by atoms with E-state index < -0.39 is 20.5 Å². The molecule has 2 aromatic rings. The number of esters is 2. The first-order valence-electron chi connectivity index (χ1n) is 10.3. The number of ether oxygens (including phenoxy) is 2. The highest BCUT2D eigenvalue weighted by Crippen LogP contribution is 2.39. The number of benzene rings is 2. The van der Waals surface area contributed by atoms with Crippen molar-refractivity contribution in [2.24, 2.45) is 0 Å². The lowest BCUT2D eigenvalue weighted by Crippen LogP contribution is -2.60. The standard InChI is InChI=1S/C24H29INO5/c1-22(2)13-15(14-23(3,4)26(22)29)30-20(27)18-11-12-19(31-21(28)24(5,6)25)17-10-8-7-9-16(17)18/h7-12,15H,13-14H2,1-6H3. The van der Waals surface area contributed by atoms with Crippen LogP contribution in [-0.2, 0) is 14.7 Å². The van der Waals surface area contributed by atoms with E-state index >= 15 is 0 Å². The van der Waals surface area contributed by atoms with E-state index in [1.165, 1.54) is 0 Å². The lowest BCUT2D eigenvalue weighted by molar-refractivity contribution is -0.298. The topological polar surface area (TPSA) is 75.7 Å². The smallest absolute Gasteiger partial charge is 0.339 e. The van der Waals surface area contributed by atoms with Crippen molar-refractivity contribution in [3.8, 4) is 5.75 Å². The summed E-state index contributed by atoms with van der Waals surface area (Å²) in [6.45, 7) is 11.0. The number of carbonyl (C=O) groups is 2. The predicted octanol–water partition coefficient (Wildman–Crippen LogP) is 5.48. The number of hydroxylamine groups is 2. The summed E-state index contributed by atoms with van der Waals surface area (Å²) in [5, 5.41) is 15.0. The molecular weight excluding hydrogens is 509 g/mol. The number of alkyl halides is 1. The first-order valence-corrected chi connectivity index (χ1v) is 11.4. The zero-order valence-electron chi connectivity index (χ0n) is 18.8. The van der Waals surface area contributed by atoms with Crippen LogP contribution < -0.4 is 4.74 Å². The Labute approximate surface area is 197 Å². The molecule has 0 aliphatic carbocycles. The van der Waals surface area contributed by atoms with Crippen LogP contribution in [0.25, 0.3) is 10.8 Å². The zero-order valence-corrected chi connectivity index (χ0v) is 21.0. The molecule has 1 fully saturated rings. The first kappa shape index (κ1) is 23.9. The molecule has 1 heterocycles. The number of hydrogen-bond acceptors (Lipinski definition) is 5. The van der Waals surface area contributed by atoms with Crippen LogP contribution in [0.2, 0.25) is 0 Å². The molecule has 6 nitrogen and oxygen atoms in total. The van der Waals surface area contributed by atoms with Crippen molar-refractivity contribution >= 4 is 45.3 Å². The number of piperidine rings is 1. The molecule has 1 radical (unpaired) electrons. The van der Waals surface area contributed by atoms with Crippen LogP contribution in [0.5, 0.6) is 5.75 Å². The maximum atomic E-state index is 13.1. The predicted molar refractivity (Wildman–Crippen MR) is 127 cm³/mol. The Morgan fingerprint density at radius 1 is 1.00 bits per heavy atom. The molecule has 0 N–H and O–H groups in total. The fraction of sp³-hybridized carbons (Fsp3) is 0.500. The van der Waals surface area contributed by atoms with Crippen molar-refractivity contribution in [1.82, 2.24) is 5.06 Å². The monoisotopic (exact) mass is 538 g/mol. The molecule has 3 rings (SSSR count). The van der Waals surface area contributed by atoms with Crippen molar-refractivity contribution < 1.29 is 24.3 Å². The quantitative estimate of drug-likeness (QED) is 0.223. The maximum Gasteiger partial charge on any atom is 0.339 e. The lowest BCUT2D eigenvalue weighted by Gasteiger charge is -2.49. The van der Waals surface area contributed by atoms with E-state index in [4.69, 9.17) is 9.47 Å². The van der Waals surface area contributed by atoms with E-state index in [2.05, 4.69) is 0 Å². The molecule has 0 bridgehead atoms. The Balaban J connectivity index is 1.89. The third-order valence-corrected chi connectivity index (χ3v) is 6.06. The minimum Gasteiger partial charge on any atom is -0.459 e. The summed E-state index contributed by atoms with van der Waals surface area (Å²) in [5.41, 5.74) is -0.845. The summed E-state index contributed by atoms with van der Waals surface area (Å²) in [6, 6.07) is 10.6. The van der Waals surface area contributed by atoms with Gasteiger partial charge < -0.3 is 9.47 Å². The molecule has 0 spiro atoms. The normalized spacial score (nSPS) is 19.2. The van der Waals surface area contributed by atoms with Crippen LogP contribution >= 0.6 is 22.6 Å². The van der Waals surface area contributed by atoms with Crippen molar-refractivity contribution in [3.63, 3.8) is 0 Å². The fourth-order valence-corrected chi connectivity index (χ4v) is 4.34. The SMILES string of the molecule is CC(C)(I)C(=O)Oc1ccc(C(=O)OC2CC(C)(C)N([O])C(C)(C)C2)c2ccccc12. The van der Waals surface area contributed by atoms with E-state index in [0.29, 0.717) is 34.9 Å². The third kappa shape index (κ3) is 5.04. The molecule has 0 atom stereocenters. The molecule has 1 aliphatic rings. The van der Waals surface area contributed by atoms with Gasteiger partial charge in [0.2, 0.25) is 0 Å². The molecular formula is C24H29INO5. The molecule has 0 aromatic heterocycles. The van der Waals surface area contributed by atoms with Gasteiger partial charge in [0.05, 0.1) is 5.56 Å². The van der Waals surface area contributed by atoms with Gasteiger partial charge in [0, 0.05) is 29.3 Å². The first-order chi connectivity index (χ1) is 14.2. The van der Waals surface area contributed by atoms with Crippen LogP contribution in [-0.4, -0.2) is 37.6 Å². The van der Waals surface area contributed by atoms with Crippen LogP contribution in [0.15, 0.2) is 36.4 Å². The highest BCUT2D eigenvalue weighted by atomic mass is 127. The minimum atomic E-state index is -0.674. The molecule has 2 aromatic carbocycles. The largest absolute Gasteiger partial charge is 0.459 e. The number of nitrogens with zero attached hydrogens (tertiary/aromatic N) is 1.